The molecule has 1 unspecified atom stereocenters. The van der Waals surface area contributed by atoms with Crippen LogP contribution in [0.4, 0.5) is 8.78 Å². The number of aryl methyl sites for hydroxylation is 1. The van der Waals surface area contributed by atoms with Gasteiger partial charge in [0.25, 0.3) is 5.91 Å². The van der Waals surface area contributed by atoms with Crippen molar-refractivity contribution in [2.45, 2.75) is 53.2 Å². The quantitative estimate of drug-likeness (QED) is 0.538. The number of hydrogen-bond donors (Lipinski definition) is 1. The van der Waals surface area contributed by atoms with E-state index in [-0.39, 0.29) is 28.0 Å². The Morgan fingerprint density at radius 3 is 2.59 bits per heavy atom. The standard InChI is InChI=1S/C23H27ClF2N6O2/c1-12-29-30-22(34-12)19(23(2,3)4)28-21(33)18-17-11-31(5)7-6-8-32(17)20(27-18)13-9-14(24)16(26)10-15(13)25/h9-10,19H,6-8,11H2,1-5H3,(H,28,33). The Balaban J connectivity index is 1.80. The van der Waals surface area contributed by atoms with E-state index in [1.807, 2.05) is 32.4 Å². The molecule has 1 aliphatic heterocycles. The van der Waals surface area contributed by atoms with Crippen LogP contribution in [-0.2, 0) is 13.1 Å². The predicted molar refractivity (Wildman–Crippen MR) is 122 cm³/mol. The van der Waals surface area contributed by atoms with E-state index in [1.54, 1.807) is 6.92 Å². The van der Waals surface area contributed by atoms with Crippen molar-refractivity contribution in [3.05, 3.63) is 52.0 Å². The van der Waals surface area contributed by atoms with Crippen LogP contribution in [0.25, 0.3) is 11.4 Å². The molecule has 0 spiro atoms. The van der Waals surface area contributed by atoms with E-state index in [4.69, 9.17) is 16.0 Å². The van der Waals surface area contributed by atoms with Crippen LogP contribution in [0.15, 0.2) is 16.5 Å². The lowest BCUT2D eigenvalue weighted by molar-refractivity contribution is 0.0878. The van der Waals surface area contributed by atoms with Crippen LogP contribution in [0.3, 0.4) is 0 Å². The molecule has 0 saturated heterocycles. The number of amides is 1. The van der Waals surface area contributed by atoms with Gasteiger partial charge < -0.3 is 19.2 Å². The molecule has 1 aromatic carbocycles. The van der Waals surface area contributed by atoms with E-state index in [0.29, 0.717) is 24.7 Å². The van der Waals surface area contributed by atoms with Gasteiger partial charge >= 0.3 is 0 Å². The third-order valence-electron chi connectivity index (χ3n) is 5.81. The molecule has 2 aromatic heterocycles. The van der Waals surface area contributed by atoms with Gasteiger partial charge in [-0.25, -0.2) is 13.8 Å². The summed E-state index contributed by atoms with van der Waals surface area (Å²) in [6, 6.07) is 1.36. The summed E-state index contributed by atoms with van der Waals surface area (Å²) in [5.74, 6) is -1.19. The highest BCUT2D eigenvalue weighted by molar-refractivity contribution is 6.31. The molecule has 3 aromatic rings. The Morgan fingerprint density at radius 2 is 1.94 bits per heavy atom. The van der Waals surface area contributed by atoms with Crippen LogP contribution in [0.2, 0.25) is 5.02 Å². The van der Waals surface area contributed by atoms with Crippen molar-refractivity contribution < 1.29 is 18.0 Å². The van der Waals surface area contributed by atoms with Gasteiger partial charge in [0.1, 0.15) is 23.5 Å². The molecule has 1 N–H and O–H groups in total. The number of aromatic nitrogens is 4. The normalized spacial score (nSPS) is 15.6. The van der Waals surface area contributed by atoms with Gasteiger partial charge in [-0.15, -0.1) is 10.2 Å². The molecule has 4 rings (SSSR count). The summed E-state index contributed by atoms with van der Waals surface area (Å²) >= 11 is 5.94. The van der Waals surface area contributed by atoms with E-state index in [2.05, 4.69) is 25.4 Å². The van der Waals surface area contributed by atoms with Gasteiger partial charge in [-0.1, -0.05) is 32.4 Å². The average Bonchev–Trinajstić information content (AvgIpc) is 3.26. The Labute approximate surface area is 201 Å². The van der Waals surface area contributed by atoms with Crippen LogP contribution in [0.1, 0.15) is 61.2 Å². The van der Waals surface area contributed by atoms with Crippen LogP contribution >= 0.6 is 11.6 Å². The molecule has 1 amide bonds. The van der Waals surface area contributed by atoms with E-state index in [9.17, 15) is 13.6 Å². The van der Waals surface area contributed by atoms with Crippen molar-refractivity contribution >= 4 is 17.5 Å². The van der Waals surface area contributed by atoms with Crippen molar-refractivity contribution in [1.29, 1.82) is 0 Å². The lowest BCUT2D eigenvalue weighted by atomic mass is 9.86. The van der Waals surface area contributed by atoms with Gasteiger partial charge in [0.2, 0.25) is 11.8 Å². The minimum Gasteiger partial charge on any atom is -0.423 e. The second kappa shape index (κ2) is 9.07. The maximum absolute atomic E-state index is 14.8. The van der Waals surface area contributed by atoms with Crippen molar-refractivity contribution in [3.63, 3.8) is 0 Å². The molecule has 0 radical (unpaired) electrons. The number of fused-ring (bicyclic) bond motifs is 1. The Bertz CT molecular complexity index is 1230. The molecule has 3 heterocycles. The van der Waals surface area contributed by atoms with Crippen LogP contribution in [-0.4, -0.2) is 44.1 Å². The summed E-state index contributed by atoms with van der Waals surface area (Å²) in [7, 11) is 1.94. The number of hydrogen-bond acceptors (Lipinski definition) is 6. The van der Waals surface area contributed by atoms with Gasteiger partial charge in [0.05, 0.1) is 16.3 Å². The summed E-state index contributed by atoms with van der Waals surface area (Å²) < 4.78 is 36.0. The molecule has 1 atom stereocenters. The molecule has 0 fully saturated rings. The summed E-state index contributed by atoms with van der Waals surface area (Å²) in [6.45, 7) is 9.26. The Kier molecular flexibility index (Phi) is 6.48. The first-order chi connectivity index (χ1) is 16.0. The van der Waals surface area contributed by atoms with Crippen molar-refractivity contribution in [1.82, 2.24) is 30.0 Å². The fourth-order valence-corrected chi connectivity index (χ4v) is 4.24. The highest BCUT2D eigenvalue weighted by atomic mass is 35.5. The van der Waals surface area contributed by atoms with Crippen LogP contribution < -0.4 is 5.32 Å². The summed E-state index contributed by atoms with van der Waals surface area (Å²) in [5, 5.41) is 10.7. The number of halogens is 3. The fourth-order valence-electron chi connectivity index (χ4n) is 4.08. The lowest BCUT2D eigenvalue weighted by Crippen LogP contribution is -2.37. The third kappa shape index (κ3) is 4.69. The summed E-state index contributed by atoms with van der Waals surface area (Å²) in [6.07, 6.45) is 0.774. The van der Waals surface area contributed by atoms with E-state index >= 15 is 0 Å². The van der Waals surface area contributed by atoms with Crippen molar-refractivity contribution in [2.24, 2.45) is 5.41 Å². The first kappa shape index (κ1) is 24.3. The average molecular weight is 493 g/mol. The molecular weight excluding hydrogens is 466 g/mol. The zero-order valence-electron chi connectivity index (χ0n) is 19.7. The maximum Gasteiger partial charge on any atom is 0.272 e. The monoisotopic (exact) mass is 492 g/mol. The first-order valence-electron chi connectivity index (χ1n) is 11.0. The highest BCUT2D eigenvalue weighted by Crippen LogP contribution is 2.34. The molecule has 0 aliphatic carbocycles. The lowest BCUT2D eigenvalue weighted by Gasteiger charge is -2.28. The second-order valence-electron chi connectivity index (χ2n) is 9.65. The number of benzene rings is 1. The third-order valence-corrected chi connectivity index (χ3v) is 6.10. The Hall–Kier alpha value is -2.85. The summed E-state index contributed by atoms with van der Waals surface area (Å²) in [4.78, 5) is 20.2. The minimum atomic E-state index is -0.855. The zero-order chi connectivity index (χ0) is 24.8. The molecule has 34 heavy (non-hydrogen) atoms. The smallest absolute Gasteiger partial charge is 0.272 e. The summed E-state index contributed by atoms with van der Waals surface area (Å²) in [5.41, 5.74) is 0.397. The van der Waals surface area contributed by atoms with Gasteiger partial charge in [-0.3, -0.25) is 4.79 Å². The van der Waals surface area contributed by atoms with Crippen LogP contribution in [0.5, 0.6) is 0 Å². The molecule has 11 heteroatoms. The number of carbonyl (C=O) groups is 1. The zero-order valence-corrected chi connectivity index (χ0v) is 20.5. The predicted octanol–water partition coefficient (Wildman–Crippen LogP) is 4.53. The van der Waals surface area contributed by atoms with E-state index in [1.165, 1.54) is 6.07 Å². The number of imidazole rings is 1. The largest absolute Gasteiger partial charge is 0.423 e. The molecule has 8 nitrogen and oxygen atoms in total. The van der Waals surface area contributed by atoms with Gasteiger partial charge in [-0.05, 0) is 31.5 Å². The fraction of sp³-hybridized carbons (Fsp3) is 0.478. The molecule has 182 valence electrons. The van der Waals surface area contributed by atoms with E-state index in [0.717, 1.165) is 19.0 Å². The van der Waals surface area contributed by atoms with Gasteiger partial charge in [0, 0.05) is 26.1 Å². The molecular formula is C23H27ClF2N6O2. The number of rotatable bonds is 4. The first-order valence-corrected chi connectivity index (χ1v) is 11.4. The van der Waals surface area contributed by atoms with Crippen LogP contribution in [0, 0.1) is 24.0 Å². The molecule has 0 bridgehead atoms. The van der Waals surface area contributed by atoms with Gasteiger partial charge in [0.15, 0.2) is 5.69 Å². The molecule has 1 aliphatic rings. The molecule has 0 saturated carbocycles. The van der Waals surface area contributed by atoms with Crippen molar-refractivity contribution in [2.75, 3.05) is 13.6 Å². The van der Waals surface area contributed by atoms with Gasteiger partial charge in [-0.2, -0.15) is 0 Å². The second-order valence-corrected chi connectivity index (χ2v) is 10.1. The van der Waals surface area contributed by atoms with E-state index < -0.39 is 29.0 Å². The number of nitrogens with one attached hydrogen (secondary N) is 1. The highest BCUT2D eigenvalue weighted by Gasteiger charge is 2.35. The Morgan fingerprint density at radius 1 is 1.21 bits per heavy atom. The SMILES string of the molecule is Cc1nnc(C(NC(=O)c2nc(-c3cc(Cl)c(F)cc3F)n3c2CN(C)CCC3)C(C)(C)C)o1. The van der Waals surface area contributed by atoms with Crippen molar-refractivity contribution in [3.8, 4) is 11.4 Å². The maximum atomic E-state index is 14.8. The topological polar surface area (TPSA) is 89.1 Å². The minimum absolute atomic E-state index is 0.0381. The number of nitrogens with zero attached hydrogens (tertiary/aromatic N) is 5. The number of carbonyl (C=O) groups excluding carboxylic acids is 1.